The zero-order valence-corrected chi connectivity index (χ0v) is 12.1. The fourth-order valence-corrected chi connectivity index (χ4v) is 2.48. The van der Waals surface area contributed by atoms with E-state index in [2.05, 4.69) is 26.6 Å². The number of rotatable bonds is 2. The van der Waals surface area contributed by atoms with Crippen LogP contribution in [0.5, 0.6) is 0 Å². The summed E-state index contributed by atoms with van der Waals surface area (Å²) in [5.41, 5.74) is -0.573. The molecule has 1 amide bonds. The maximum atomic E-state index is 13.6. The minimum atomic E-state index is -0.776. The van der Waals surface area contributed by atoms with Crippen LogP contribution in [0.1, 0.15) is 19.8 Å². The first-order valence-corrected chi connectivity index (χ1v) is 6.88. The Labute approximate surface area is 118 Å². The van der Waals surface area contributed by atoms with Gasteiger partial charge >= 0.3 is 0 Å². The van der Waals surface area contributed by atoms with E-state index in [1.807, 2.05) is 6.92 Å². The van der Waals surface area contributed by atoms with Gasteiger partial charge in [0.15, 0.2) is 0 Å². The summed E-state index contributed by atoms with van der Waals surface area (Å²) in [5, 5.41) is 5.69. The largest absolute Gasteiger partial charge is 0.323 e. The molecule has 0 radical (unpaired) electrons. The number of carbonyl (C=O) groups excluding carboxylic acids is 1. The predicted octanol–water partition coefficient (Wildman–Crippen LogP) is 3.06. The van der Waals surface area contributed by atoms with Crippen LogP contribution >= 0.6 is 15.9 Å². The van der Waals surface area contributed by atoms with Crippen LogP contribution in [-0.4, -0.2) is 19.0 Å². The quantitative estimate of drug-likeness (QED) is 0.817. The molecule has 0 spiro atoms. The third-order valence-corrected chi connectivity index (χ3v) is 4.01. The van der Waals surface area contributed by atoms with E-state index in [1.165, 1.54) is 6.07 Å². The lowest BCUT2D eigenvalue weighted by Crippen LogP contribution is -2.46. The van der Waals surface area contributed by atoms with Gasteiger partial charge in [-0.25, -0.2) is 8.78 Å². The van der Waals surface area contributed by atoms with Crippen LogP contribution in [0.25, 0.3) is 0 Å². The fourth-order valence-electron chi connectivity index (χ4n) is 2.14. The number of piperidine rings is 1. The van der Waals surface area contributed by atoms with Crippen molar-refractivity contribution in [1.82, 2.24) is 5.32 Å². The number of amides is 1. The van der Waals surface area contributed by atoms with Gasteiger partial charge in [0.1, 0.15) is 11.6 Å². The van der Waals surface area contributed by atoms with E-state index in [-0.39, 0.29) is 16.1 Å². The van der Waals surface area contributed by atoms with Crippen LogP contribution in [0.15, 0.2) is 16.6 Å². The van der Waals surface area contributed by atoms with Crippen molar-refractivity contribution in [2.75, 3.05) is 18.4 Å². The van der Waals surface area contributed by atoms with Crippen molar-refractivity contribution in [3.05, 3.63) is 28.2 Å². The molecule has 0 bridgehead atoms. The summed E-state index contributed by atoms with van der Waals surface area (Å²) in [6.07, 6.45) is 1.65. The Morgan fingerprint density at radius 3 is 2.79 bits per heavy atom. The summed E-state index contributed by atoms with van der Waals surface area (Å²) >= 11 is 2.97. The predicted molar refractivity (Wildman–Crippen MR) is 72.9 cm³/mol. The Kier molecular flexibility index (Phi) is 4.20. The molecule has 1 saturated heterocycles. The number of carbonyl (C=O) groups is 1. The van der Waals surface area contributed by atoms with Gasteiger partial charge in [-0.05, 0) is 48.3 Å². The molecule has 0 saturated carbocycles. The van der Waals surface area contributed by atoms with Gasteiger partial charge in [-0.2, -0.15) is 0 Å². The van der Waals surface area contributed by atoms with E-state index in [0.29, 0.717) is 6.54 Å². The van der Waals surface area contributed by atoms with Crippen molar-refractivity contribution in [2.45, 2.75) is 19.8 Å². The zero-order chi connectivity index (χ0) is 14.0. The molecule has 0 aliphatic carbocycles. The van der Waals surface area contributed by atoms with Gasteiger partial charge in [0.05, 0.1) is 15.6 Å². The van der Waals surface area contributed by atoms with E-state index >= 15 is 0 Å². The molecular formula is C13H15BrF2N2O. The number of anilines is 1. The molecule has 1 aliphatic rings. The molecule has 2 N–H and O–H groups in total. The van der Waals surface area contributed by atoms with Crippen molar-refractivity contribution in [1.29, 1.82) is 0 Å². The van der Waals surface area contributed by atoms with Crippen LogP contribution in [0.4, 0.5) is 14.5 Å². The number of halogens is 3. The maximum Gasteiger partial charge on any atom is 0.231 e. The van der Waals surface area contributed by atoms with Crippen molar-refractivity contribution in [3.8, 4) is 0 Å². The average Bonchev–Trinajstić information content (AvgIpc) is 2.36. The van der Waals surface area contributed by atoms with Gasteiger partial charge < -0.3 is 10.6 Å². The molecule has 1 atom stereocenters. The lowest BCUT2D eigenvalue weighted by molar-refractivity contribution is -0.125. The first-order chi connectivity index (χ1) is 8.92. The summed E-state index contributed by atoms with van der Waals surface area (Å²) in [6.45, 7) is 3.28. The van der Waals surface area contributed by atoms with Crippen molar-refractivity contribution in [3.63, 3.8) is 0 Å². The summed E-state index contributed by atoms with van der Waals surface area (Å²) < 4.78 is 26.8. The molecule has 1 aromatic carbocycles. The van der Waals surface area contributed by atoms with E-state index in [0.717, 1.165) is 25.5 Å². The highest BCUT2D eigenvalue weighted by Gasteiger charge is 2.35. The van der Waals surface area contributed by atoms with Crippen molar-refractivity contribution in [2.24, 2.45) is 5.41 Å². The molecule has 19 heavy (non-hydrogen) atoms. The first kappa shape index (κ1) is 14.4. The monoisotopic (exact) mass is 332 g/mol. The van der Waals surface area contributed by atoms with E-state index in [4.69, 9.17) is 0 Å². The van der Waals surface area contributed by atoms with Crippen LogP contribution in [0.3, 0.4) is 0 Å². The van der Waals surface area contributed by atoms with Gasteiger partial charge in [-0.15, -0.1) is 0 Å². The number of hydrogen-bond donors (Lipinski definition) is 2. The van der Waals surface area contributed by atoms with Crippen molar-refractivity contribution >= 4 is 27.5 Å². The zero-order valence-electron chi connectivity index (χ0n) is 10.5. The molecule has 3 nitrogen and oxygen atoms in total. The molecule has 2 rings (SSSR count). The van der Waals surface area contributed by atoms with Gasteiger partial charge in [0, 0.05) is 12.6 Å². The first-order valence-electron chi connectivity index (χ1n) is 6.09. The molecule has 1 aliphatic heterocycles. The lowest BCUT2D eigenvalue weighted by atomic mass is 9.82. The molecule has 104 valence electrons. The smallest absolute Gasteiger partial charge is 0.231 e. The van der Waals surface area contributed by atoms with Crippen LogP contribution in [0.2, 0.25) is 0 Å². The molecule has 1 fully saturated rings. The van der Waals surface area contributed by atoms with Crippen LogP contribution < -0.4 is 10.6 Å². The Morgan fingerprint density at radius 1 is 1.42 bits per heavy atom. The molecule has 1 aromatic rings. The standard InChI is InChI=1S/C13H15BrF2N2O/c1-13(3-2-4-17-7-13)12(19)18-11-5-8(14)9(15)6-10(11)16/h5-6,17H,2-4,7H2,1H3,(H,18,19). The summed E-state index contributed by atoms with van der Waals surface area (Å²) in [5.74, 6) is -1.72. The van der Waals surface area contributed by atoms with Gasteiger partial charge in [0.2, 0.25) is 5.91 Å². The number of benzene rings is 1. The normalized spacial score (nSPS) is 23.2. The van der Waals surface area contributed by atoms with Crippen molar-refractivity contribution < 1.29 is 13.6 Å². The average molecular weight is 333 g/mol. The highest BCUT2D eigenvalue weighted by atomic mass is 79.9. The summed E-state index contributed by atoms with van der Waals surface area (Å²) in [7, 11) is 0. The lowest BCUT2D eigenvalue weighted by Gasteiger charge is -2.32. The Bertz CT molecular complexity index is 502. The maximum absolute atomic E-state index is 13.6. The second-order valence-electron chi connectivity index (χ2n) is 5.04. The third-order valence-electron chi connectivity index (χ3n) is 3.40. The van der Waals surface area contributed by atoms with E-state index in [1.54, 1.807) is 0 Å². The highest BCUT2D eigenvalue weighted by molar-refractivity contribution is 9.10. The SMILES string of the molecule is CC1(C(=O)Nc2cc(Br)c(F)cc2F)CCCNC1. The van der Waals surface area contributed by atoms with Crippen LogP contribution in [-0.2, 0) is 4.79 Å². The van der Waals surface area contributed by atoms with E-state index in [9.17, 15) is 13.6 Å². The Hall–Kier alpha value is -1.01. The number of nitrogens with one attached hydrogen (secondary N) is 2. The van der Waals surface area contributed by atoms with Crippen LogP contribution in [0, 0.1) is 17.0 Å². The molecule has 0 aromatic heterocycles. The minimum absolute atomic E-state index is 0.00919. The highest BCUT2D eigenvalue weighted by Crippen LogP contribution is 2.29. The second kappa shape index (κ2) is 5.54. The summed E-state index contributed by atoms with van der Waals surface area (Å²) in [4.78, 5) is 12.2. The van der Waals surface area contributed by atoms with Gasteiger partial charge in [-0.3, -0.25) is 4.79 Å². The second-order valence-corrected chi connectivity index (χ2v) is 5.90. The Balaban J connectivity index is 2.16. The molecule has 1 heterocycles. The molecule has 1 unspecified atom stereocenters. The van der Waals surface area contributed by atoms with E-state index < -0.39 is 17.0 Å². The molecular weight excluding hydrogens is 318 g/mol. The van der Waals surface area contributed by atoms with Gasteiger partial charge in [-0.1, -0.05) is 0 Å². The van der Waals surface area contributed by atoms with Gasteiger partial charge in [0.25, 0.3) is 0 Å². The third kappa shape index (κ3) is 3.12. The fraction of sp³-hybridized carbons (Fsp3) is 0.462. The number of hydrogen-bond acceptors (Lipinski definition) is 2. The topological polar surface area (TPSA) is 41.1 Å². The summed E-state index contributed by atoms with van der Waals surface area (Å²) in [6, 6.07) is 1.99. The Morgan fingerprint density at radius 2 is 2.16 bits per heavy atom. The minimum Gasteiger partial charge on any atom is -0.323 e. The molecule has 6 heteroatoms.